The maximum Gasteiger partial charge on any atom is 0.179 e. The topological polar surface area (TPSA) is 95.1 Å². The molecule has 2 aliphatic rings. The Morgan fingerprint density at radius 1 is 1.36 bits per heavy atom. The van der Waals surface area contributed by atoms with E-state index >= 15 is 0 Å². The molecule has 1 aliphatic heterocycles. The van der Waals surface area contributed by atoms with Gasteiger partial charge >= 0.3 is 0 Å². The van der Waals surface area contributed by atoms with Crippen LogP contribution in [0.15, 0.2) is 24.5 Å². The molecule has 28 heavy (non-hydrogen) atoms. The Hall–Kier alpha value is -2.92. The number of hydrogen-bond donors (Lipinski definition) is 1. The average molecular weight is 377 g/mol. The third kappa shape index (κ3) is 2.58. The molecule has 0 bridgehead atoms. The first kappa shape index (κ1) is 17.2. The number of ether oxygens (including phenoxy) is 1. The van der Waals surface area contributed by atoms with Gasteiger partial charge in [0.2, 0.25) is 0 Å². The van der Waals surface area contributed by atoms with E-state index in [1.54, 1.807) is 6.20 Å². The number of hydrogen-bond acceptors (Lipinski definition) is 6. The molecular weight excluding hydrogens is 354 g/mol. The van der Waals surface area contributed by atoms with Crippen molar-refractivity contribution in [2.75, 3.05) is 24.7 Å². The van der Waals surface area contributed by atoms with Crippen molar-refractivity contribution in [2.45, 2.75) is 44.1 Å². The van der Waals surface area contributed by atoms with E-state index in [-0.39, 0.29) is 6.04 Å². The minimum atomic E-state index is -0.472. The van der Waals surface area contributed by atoms with Gasteiger partial charge in [-0.15, -0.1) is 5.10 Å². The Morgan fingerprint density at radius 2 is 2.21 bits per heavy atom. The van der Waals surface area contributed by atoms with Crippen molar-refractivity contribution in [3.05, 3.63) is 30.1 Å². The van der Waals surface area contributed by atoms with Gasteiger partial charge in [0.05, 0.1) is 42.5 Å². The molecular formula is C20H23N7O. The Bertz CT molecular complexity index is 1030. The van der Waals surface area contributed by atoms with Gasteiger partial charge in [-0.1, -0.05) is 12.8 Å². The molecule has 8 nitrogen and oxygen atoms in total. The zero-order valence-electron chi connectivity index (χ0n) is 15.9. The zero-order chi connectivity index (χ0) is 19.1. The minimum absolute atomic E-state index is 0.229. The van der Waals surface area contributed by atoms with Crippen molar-refractivity contribution in [1.29, 1.82) is 5.26 Å². The van der Waals surface area contributed by atoms with Crippen LogP contribution in [0.3, 0.4) is 0 Å². The van der Waals surface area contributed by atoms with Crippen LogP contribution in [0, 0.1) is 11.3 Å². The van der Waals surface area contributed by atoms with Crippen LogP contribution in [-0.2, 0) is 10.2 Å². The van der Waals surface area contributed by atoms with Crippen LogP contribution in [-0.4, -0.2) is 50.6 Å². The van der Waals surface area contributed by atoms with E-state index in [1.165, 1.54) is 0 Å². The molecule has 0 amide bonds. The molecule has 0 spiro atoms. The Balaban J connectivity index is 1.75. The predicted molar refractivity (Wildman–Crippen MR) is 104 cm³/mol. The molecule has 0 aromatic carbocycles. The highest BCUT2D eigenvalue weighted by Crippen LogP contribution is 2.43. The van der Waals surface area contributed by atoms with E-state index in [1.807, 2.05) is 16.8 Å². The number of morpholine rings is 1. The van der Waals surface area contributed by atoms with Crippen molar-refractivity contribution in [2.24, 2.45) is 0 Å². The monoisotopic (exact) mass is 377 g/mol. The van der Waals surface area contributed by atoms with Crippen molar-refractivity contribution >= 4 is 11.3 Å². The summed E-state index contributed by atoms with van der Waals surface area (Å²) in [5.41, 5.74) is 2.27. The van der Waals surface area contributed by atoms with E-state index in [9.17, 15) is 5.26 Å². The van der Waals surface area contributed by atoms with Crippen molar-refractivity contribution in [3.63, 3.8) is 0 Å². The fourth-order valence-electron chi connectivity index (χ4n) is 4.54. The molecule has 1 unspecified atom stereocenters. The zero-order valence-corrected chi connectivity index (χ0v) is 15.9. The Kier molecular flexibility index (Phi) is 4.05. The fourth-order valence-corrected chi connectivity index (χ4v) is 4.54. The summed E-state index contributed by atoms with van der Waals surface area (Å²) in [6.07, 6.45) is 7.46. The van der Waals surface area contributed by atoms with E-state index in [0.717, 1.165) is 54.8 Å². The second-order valence-electron chi connectivity index (χ2n) is 7.78. The van der Waals surface area contributed by atoms with Gasteiger partial charge in [-0.25, -0.2) is 9.50 Å². The molecule has 0 radical (unpaired) electrons. The lowest BCUT2D eigenvalue weighted by molar-refractivity contribution is 0.0984. The maximum absolute atomic E-state index is 10.1. The smallest absolute Gasteiger partial charge is 0.179 e. The van der Waals surface area contributed by atoms with Crippen LogP contribution in [0.25, 0.3) is 17.0 Å². The normalized spacial score (nSPS) is 21.9. The van der Waals surface area contributed by atoms with Gasteiger partial charge in [0.1, 0.15) is 11.5 Å². The van der Waals surface area contributed by atoms with Crippen molar-refractivity contribution < 1.29 is 4.74 Å². The molecule has 1 saturated carbocycles. The summed E-state index contributed by atoms with van der Waals surface area (Å²) in [4.78, 5) is 6.88. The fraction of sp³-hybridized carbons (Fsp3) is 0.500. The summed E-state index contributed by atoms with van der Waals surface area (Å²) in [6, 6.07) is 6.87. The van der Waals surface area contributed by atoms with Gasteiger partial charge in [-0.05, 0) is 31.9 Å². The highest BCUT2D eigenvalue weighted by atomic mass is 16.5. The highest BCUT2D eigenvalue weighted by molar-refractivity contribution is 5.67. The van der Waals surface area contributed by atoms with Gasteiger partial charge < -0.3 is 9.64 Å². The molecule has 5 rings (SSSR count). The van der Waals surface area contributed by atoms with Crippen LogP contribution in [0.4, 0.5) is 5.82 Å². The summed E-state index contributed by atoms with van der Waals surface area (Å²) in [5, 5.41) is 22.1. The molecule has 1 aliphatic carbocycles. The number of anilines is 1. The molecule has 2 fully saturated rings. The molecule has 4 heterocycles. The number of imidazole rings is 1. The molecule has 144 valence electrons. The second-order valence-corrected chi connectivity index (χ2v) is 7.78. The van der Waals surface area contributed by atoms with Crippen LogP contribution < -0.4 is 4.90 Å². The SMILES string of the molecule is CC1COCCN1c1cc(C2(C#N)CCCC2)c2cnc(-c3ccn[nH]3)n2n1. The van der Waals surface area contributed by atoms with Gasteiger partial charge in [0.25, 0.3) is 0 Å². The van der Waals surface area contributed by atoms with E-state index < -0.39 is 5.41 Å². The summed E-state index contributed by atoms with van der Waals surface area (Å²) in [7, 11) is 0. The maximum atomic E-state index is 10.1. The van der Waals surface area contributed by atoms with Gasteiger partial charge in [0.15, 0.2) is 5.82 Å². The first-order valence-electron chi connectivity index (χ1n) is 9.86. The number of aromatic nitrogens is 5. The Morgan fingerprint density at radius 3 is 2.93 bits per heavy atom. The first-order valence-corrected chi connectivity index (χ1v) is 9.86. The third-order valence-corrected chi connectivity index (χ3v) is 6.08. The van der Waals surface area contributed by atoms with Gasteiger partial charge in [-0.3, -0.25) is 5.10 Å². The Labute approximate surface area is 163 Å². The quantitative estimate of drug-likeness (QED) is 0.754. The lowest BCUT2D eigenvalue weighted by Crippen LogP contribution is -2.44. The minimum Gasteiger partial charge on any atom is -0.377 e. The van der Waals surface area contributed by atoms with Crippen LogP contribution in [0.5, 0.6) is 0 Å². The van der Waals surface area contributed by atoms with E-state index in [2.05, 4.69) is 39.1 Å². The average Bonchev–Trinajstić information content (AvgIpc) is 3.47. The van der Waals surface area contributed by atoms with E-state index in [4.69, 9.17) is 9.84 Å². The highest BCUT2D eigenvalue weighted by Gasteiger charge is 2.39. The number of nitrogens with zero attached hydrogens (tertiary/aromatic N) is 6. The molecule has 1 N–H and O–H groups in total. The number of nitriles is 1. The number of nitrogens with one attached hydrogen (secondary N) is 1. The summed E-state index contributed by atoms with van der Waals surface area (Å²) in [6.45, 7) is 4.28. The summed E-state index contributed by atoms with van der Waals surface area (Å²) < 4.78 is 7.48. The second kappa shape index (κ2) is 6.60. The number of rotatable bonds is 3. The van der Waals surface area contributed by atoms with Crippen LogP contribution in [0.1, 0.15) is 38.2 Å². The predicted octanol–water partition coefficient (Wildman–Crippen LogP) is 2.68. The number of fused-ring (bicyclic) bond motifs is 1. The summed E-state index contributed by atoms with van der Waals surface area (Å²) >= 11 is 0. The van der Waals surface area contributed by atoms with E-state index in [0.29, 0.717) is 19.0 Å². The van der Waals surface area contributed by atoms with Gasteiger partial charge in [-0.2, -0.15) is 10.4 Å². The number of aromatic amines is 1. The lowest BCUT2D eigenvalue weighted by Gasteiger charge is -2.35. The third-order valence-electron chi connectivity index (χ3n) is 6.08. The molecule has 1 atom stereocenters. The van der Waals surface area contributed by atoms with Gasteiger partial charge in [0, 0.05) is 18.3 Å². The molecule has 1 saturated heterocycles. The molecule has 8 heteroatoms. The van der Waals surface area contributed by atoms with Crippen LogP contribution >= 0.6 is 0 Å². The lowest BCUT2D eigenvalue weighted by atomic mass is 9.80. The van der Waals surface area contributed by atoms with Crippen LogP contribution in [0.2, 0.25) is 0 Å². The van der Waals surface area contributed by atoms with Crippen molar-refractivity contribution in [3.8, 4) is 17.6 Å². The molecule has 3 aromatic rings. The number of H-pyrrole nitrogens is 1. The molecule has 3 aromatic heterocycles. The largest absolute Gasteiger partial charge is 0.377 e. The summed E-state index contributed by atoms with van der Waals surface area (Å²) in [5.74, 6) is 1.58. The van der Waals surface area contributed by atoms with Crippen molar-refractivity contribution in [1.82, 2.24) is 24.8 Å². The first-order chi connectivity index (χ1) is 13.7. The standard InChI is InChI=1S/C20H23N7O/c1-14-12-28-9-8-26(14)18-10-15(20(13-21)5-2-3-6-20)17-11-22-19(27(17)25-18)16-4-7-23-24-16/h4,7,10-11,14H,2-3,5-6,8-9,12H2,1H3,(H,23,24).